The van der Waals surface area contributed by atoms with Gasteiger partial charge in [-0.05, 0) is 25.1 Å². The second kappa shape index (κ2) is 2.54. The molecule has 0 unspecified atom stereocenters. The number of pyridine rings is 2. The lowest BCUT2D eigenvalue weighted by molar-refractivity contribution is 0.648. The third kappa shape index (κ3) is 0.865. The van der Waals surface area contributed by atoms with Gasteiger partial charge in [0.2, 0.25) is 5.71 Å². The molecule has 0 N–H and O–H groups in total. The summed E-state index contributed by atoms with van der Waals surface area (Å²) in [4.78, 5) is 8.35. The minimum atomic E-state index is 0.679. The summed E-state index contributed by atoms with van der Waals surface area (Å²) >= 11 is 0. The van der Waals surface area contributed by atoms with Gasteiger partial charge < -0.3 is 4.42 Å². The zero-order chi connectivity index (χ0) is 9.54. The van der Waals surface area contributed by atoms with Crippen molar-refractivity contribution in [1.82, 2.24) is 9.97 Å². The summed E-state index contributed by atoms with van der Waals surface area (Å²) in [6, 6.07) is 5.87. The van der Waals surface area contributed by atoms with Crippen molar-refractivity contribution in [2.45, 2.75) is 6.92 Å². The van der Waals surface area contributed by atoms with Crippen molar-refractivity contribution in [3.05, 3.63) is 36.3 Å². The van der Waals surface area contributed by atoms with Gasteiger partial charge in [0.1, 0.15) is 0 Å². The van der Waals surface area contributed by atoms with Gasteiger partial charge in [0.15, 0.2) is 5.58 Å². The first kappa shape index (κ1) is 7.50. The molecule has 14 heavy (non-hydrogen) atoms. The Labute approximate surface area is 80.4 Å². The molecular weight excluding hydrogens is 176 g/mol. The van der Waals surface area contributed by atoms with Crippen LogP contribution in [0.15, 0.2) is 35.0 Å². The molecule has 0 aromatic carbocycles. The van der Waals surface area contributed by atoms with Crippen molar-refractivity contribution in [3.8, 4) is 0 Å². The largest absolute Gasteiger partial charge is 0.436 e. The molecule has 3 heterocycles. The Kier molecular flexibility index (Phi) is 1.36. The molecule has 68 valence electrons. The van der Waals surface area contributed by atoms with Gasteiger partial charge in [-0.25, -0.2) is 4.98 Å². The molecule has 0 radical (unpaired) electrons. The van der Waals surface area contributed by atoms with Gasteiger partial charge >= 0.3 is 0 Å². The number of rotatable bonds is 0. The van der Waals surface area contributed by atoms with Crippen LogP contribution in [0.5, 0.6) is 0 Å². The van der Waals surface area contributed by atoms with Crippen LogP contribution in [0.25, 0.3) is 22.1 Å². The number of aromatic nitrogens is 2. The Bertz CT molecular complexity index is 613. The topological polar surface area (TPSA) is 38.9 Å². The summed E-state index contributed by atoms with van der Waals surface area (Å²) in [5.41, 5.74) is 2.42. The van der Waals surface area contributed by atoms with Crippen LogP contribution in [0, 0.1) is 6.92 Å². The van der Waals surface area contributed by atoms with Crippen LogP contribution < -0.4 is 0 Å². The SMILES string of the molecule is Cc1nccc2c1oc1ncccc12. The van der Waals surface area contributed by atoms with E-state index in [9.17, 15) is 0 Å². The van der Waals surface area contributed by atoms with Crippen molar-refractivity contribution in [3.63, 3.8) is 0 Å². The zero-order valence-corrected chi connectivity index (χ0v) is 7.69. The number of nitrogens with zero attached hydrogens (tertiary/aromatic N) is 2. The van der Waals surface area contributed by atoms with Crippen LogP contribution in [0.1, 0.15) is 5.69 Å². The maximum atomic E-state index is 5.61. The van der Waals surface area contributed by atoms with Gasteiger partial charge in [0, 0.05) is 23.2 Å². The highest BCUT2D eigenvalue weighted by atomic mass is 16.3. The lowest BCUT2D eigenvalue weighted by atomic mass is 10.2. The Balaban J connectivity index is 2.63. The van der Waals surface area contributed by atoms with Gasteiger partial charge in [0.25, 0.3) is 0 Å². The van der Waals surface area contributed by atoms with Crippen molar-refractivity contribution < 1.29 is 4.42 Å². The molecule has 0 saturated carbocycles. The van der Waals surface area contributed by atoms with Crippen molar-refractivity contribution in [1.29, 1.82) is 0 Å². The van der Waals surface area contributed by atoms with E-state index in [1.807, 2.05) is 25.1 Å². The summed E-state index contributed by atoms with van der Waals surface area (Å²) < 4.78 is 5.61. The van der Waals surface area contributed by atoms with E-state index < -0.39 is 0 Å². The van der Waals surface area contributed by atoms with Crippen molar-refractivity contribution in [2.24, 2.45) is 0 Å². The number of furan rings is 1. The molecule has 0 aliphatic heterocycles. The highest BCUT2D eigenvalue weighted by molar-refractivity contribution is 6.03. The molecule has 0 atom stereocenters. The van der Waals surface area contributed by atoms with Gasteiger partial charge in [0.05, 0.1) is 5.69 Å². The van der Waals surface area contributed by atoms with E-state index in [1.54, 1.807) is 12.4 Å². The standard InChI is InChI=1S/C11H8N2O/c1-7-10-8(4-6-12-7)9-3-2-5-13-11(9)14-10/h2-6H,1H3. The molecule has 0 spiro atoms. The smallest absolute Gasteiger partial charge is 0.227 e. The van der Waals surface area contributed by atoms with Crippen LogP contribution in [-0.4, -0.2) is 9.97 Å². The third-order valence-corrected chi connectivity index (χ3v) is 2.34. The number of aryl methyl sites for hydroxylation is 1. The van der Waals surface area contributed by atoms with E-state index >= 15 is 0 Å². The van der Waals surface area contributed by atoms with Gasteiger partial charge in [-0.3, -0.25) is 4.98 Å². The summed E-state index contributed by atoms with van der Waals surface area (Å²) in [7, 11) is 0. The fourth-order valence-electron chi connectivity index (χ4n) is 1.67. The second-order valence-electron chi connectivity index (χ2n) is 3.23. The van der Waals surface area contributed by atoms with Gasteiger partial charge in [-0.1, -0.05) is 0 Å². The third-order valence-electron chi connectivity index (χ3n) is 2.34. The molecule has 0 bridgehead atoms. The van der Waals surface area contributed by atoms with Crippen molar-refractivity contribution >= 4 is 22.1 Å². The molecule has 3 aromatic heterocycles. The molecular formula is C11H8N2O. The van der Waals surface area contributed by atoms with E-state index in [2.05, 4.69) is 9.97 Å². The summed E-state index contributed by atoms with van der Waals surface area (Å²) in [5.74, 6) is 0. The Morgan fingerprint density at radius 3 is 2.93 bits per heavy atom. The minimum absolute atomic E-state index is 0.679. The number of hydrogen-bond acceptors (Lipinski definition) is 3. The normalized spacial score (nSPS) is 11.2. The van der Waals surface area contributed by atoms with E-state index in [0.29, 0.717) is 5.71 Å². The van der Waals surface area contributed by atoms with Crippen LogP contribution in [0.3, 0.4) is 0 Å². The predicted octanol–water partition coefficient (Wildman–Crippen LogP) is 2.68. The monoisotopic (exact) mass is 184 g/mol. The number of hydrogen-bond donors (Lipinski definition) is 0. The first-order valence-corrected chi connectivity index (χ1v) is 4.45. The maximum Gasteiger partial charge on any atom is 0.227 e. The lowest BCUT2D eigenvalue weighted by Gasteiger charge is -1.90. The van der Waals surface area contributed by atoms with E-state index in [1.165, 1.54) is 0 Å². The summed E-state index contributed by atoms with van der Waals surface area (Å²) in [6.07, 6.45) is 3.52. The quantitative estimate of drug-likeness (QED) is 0.539. The summed E-state index contributed by atoms with van der Waals surface area (Å²) in [5, 5.41) is 2.13. The first-order valence-electron chi connectivity index (χ1n) is 4.45. The van der Waals surface area contributed by atoms with Crippen molar-refractivity contribution in [2.75, 3.05) is 0 Å². The fourth-order valence-corrected chi connectivity index (χ4v) is 1.67. The zero-order valence-electron chi connectivity index (χ0n) is 7.69. The molecule has 0 amide bonds. The maximum absolute atomic E-state index is 5.61. The second-order valence-corrected chi connectivity index (χ2v) is 3.23. The average molecular weight is 184 g/mol. The Morgan fingerprint density at radius 2 is 2.00 bits per heavy atom. The molecule has 3 aromatic rings. The van der Waals surface area contributed by atoms with Crippen LogP contribution in [-0.2, 0) is 0 Å². The molecule has 0 aliphatic rings. The molecule has 0 saturated heterocycles. The molecule has 3 rings (SSSR count). The number of fused-ring (bicyclic) bond motifs is 3. The van der Waals surface area contributed by atoms with E-state index in [-0.39, 0.29) is 0 Å². The Morgan fingerprint density at radius 1 is 1.07 bits per heavy atom. The average Bonchev–Trinajstić information content (AvgIpc) is 2.59. The molecule has 0 aliphatic carbocycles. The van der Waals surface area contributed by atoms with Crippen LogP contribution in [0.2, 0.25) is 0 Å². The molecule has 0 fully saturated rings. The highest BCUT2D eigenvalue weighted by Crippen LogP contribution is 2.27. The van der Waals surface area contributed by atoms with Crippen LogP contribution >= 0.6 is 0 Å². The lowest BCUT2D eigenvalue weighted by Crippen LogP contribution is -1.77. The summed E-state index contributed by atoms with van der Waals surface area (Å²) in [6.45, 7) is 1.94. The van der Waals surface area contributed by atoms with E-state index in [0.717, 1.165) is 22.0 Å². The highest BCUT2D eigenvalue weighted by Gasteiger charge is 2.08. The molecule has 3 nitrogen and oxygen atoms in total. The van der Waals surface area contributed by atoms with Gasteiger partial charge in [-0.15, -0.1) is 0 Å². The van der Waals surface area contributed by atoms with E-state index in [4.69, 9.17) is 4.42 Å². The van der Waals surface area contributed by atoms with Gasteiger partial charge in [-0.2, -0.15) is 0 Å². The first-order chi connectivity index (χ1) is 6.86. The fraction of sp³-hybridized carbons (Fsp3) is 0.0909. The predicted molar refractivity (Wildman–Crippen MR) is 54.0 cm³/mol. The van der Waals surface area contributed by atoms with Crippen LogP contribution in [0.4, 0.5) is 0 Å². The molecule has 3 heteroatoms. The minimum Gasteiger partial charge on any atom is -0.436 e. The Hall–Kier alpha value is -1.90.